The first kappa shape index (κ1) is 30.6. The molecule has 0 aromatic heterocycles. The molecular weight excluding hydrogens is 590 g/mol. The van der Waals surface area contributed by atoms with Crippen molar-refractivity contribution in [3.8, 4) is 17.3 Å². The lowest BCUT2D eigenvalue weighted by Gasteiger charge is -2.37. The molecule has 2 aromatic carbocycles. The maximum absolute atomic E-state index is 13.0. The maximum atomic E-state index is 13.0. The zero-order chi connectivity index (χ0) is 30.0. The van der Waals surface area contributed by atoms with Gasteiger partial charge in [0.2, 0.25) is 6.19 Å². The molecule has 0 saturated carbocycles. The number of hydrazine groups is 1. The van der Waals surface area contributed by atoms with Gasteiger partial charge < -0.3 is 10.0 Å². The van der Waals surface area contributed by atoms with Crippen molar-refractivity contribution < 1.29 is 23.1 Å². The predicted octanol–water partition coefficient (Wildman–Crippen LogP) is 6.19. The number of hydrogen-bond donors (Lipinski definition) is 1. The highest BCUT2D eigenvalue weighted by atomic mass is 35.5. The van der Waals surface area contributed by atoms with Crippen LogP contribution in [0.4, 0.5) is 13.2 Å². The second-order valence-electron chi connectivity index (χ2n) is 11.2. The van der Waals surface area contributed by atoms with Crippen molar-refractivity contribution in [1.29, 1.82) is 5.26 Å². The number of rotatable bonds is 5. The van der Waals surface area contributed by atoms with E-state index >= 15 is 0 Å². The number of likely N-dealkylation sites (tertiary alicyclic amines) is 1. The molecule has 1 N–H and O–H groups in total. The highest BCUT2D eigenvalue weighted by molar-refractivity contribution is 6.36. The fourth-order valence-electron chi connectivity index (χ4n) is 6.11. The van der Waals surface area contributed by atoms with Gasteiger partial charge in [-0.1, -0.05) is 35.3 Å². The molecule has 0 spiro atoms. The van der Waals surface area contributed by atoms with E-state index in [1.165, 1.54) is 4.90 Å². The Morgan fingerprint density at radius 3 is 2.14 bits per heavy atom. The number of benzene rings is 2. The lowest BCUT2D eigenvalue weighted by atomic mass is 9.94. The number of piperidine rings is 2. The molecule has 0 radical (unpaired) electrons. The number of hydrogen-bond acceptors (Lipinski definition) is 5. The predicted molar refractivity (Wildman–Crippen MR) is 155 cm³/mol. The third-order valence-electron chi connectivity index (χ3n) is 8.57. The van der Waals surface area contributed by atoms with Crippen LogP contribution in [0.5, 0.6) is 0 Å². The highest BCUT2D eigenvalue weighted by Crippen LogP contribution is 2.37. The summed E-state index contributed by atoms with van der Waals surface area (Å²) < 4.78 is 38.9. The van der Waals surface area contributed by atoms with Crippen LogP contribution in [0.25, 0.3) is 11.1 Å². The quantitative estimate of drug-likeness (QED) is 0.403. The Balaban J connectivity index is 1.26. The molecule has 1 atom stereocenters. The topological polar surface area (TPSA) is 83.2 Å². The van der Waals surface area contributed by atoms with Gasteiger partial charge in [0.15, 0.2) is 0 Å². The smallest absolute Gasteiger partial charge is 0.391 e. The lowest BCUT2D eigenvalue weighted by molar-refractivity contribution is -0.183. The Morgan fingerprint density at radius 1 is 0.952 bits per heavy atom. The van der Waals surface area contributed by atoms with Crippen LogP contribution in [0.1, 0.15) is 48.0 Å². The van der Waals surface area contributed by atoms with E-state index in [4.69, 9.17) is 23.2 Å². The Bertz CT molecular complexity index is 1340. The molecule has 3 aliphatic rings. The minimum Gasteiger partial charge on any atom is -0.393 e. The van der Waals surface area contributed by atoms with E-state index < -0.39 is 12.1 Å². The minimum atomic E-state index is -4.22. The Kier molecular flexibility index (Phi) is 9.33. The summed E-state index contributed by atoms with van der Waals surface area (Å²) in [5.41, 5.74) is 2.74. The standard InChI is InChI=1S/C30H32Cl2F3N5O2/c31-26-16-22(19-1-3-20(4-2-19)29(42)38-10-6-23(7-11-38)30(33,34)35)17-27(32)25(26)15-21-5-14-40(28(21)37-18-36)39-12-8-24(41)9-13-39/h1-4,16-17,21,23-24,41H,5-15H2. The number of carbonyl (C=O) groups excluding carboxylic acids is 1. The first-order valence-electron chi connectivity index (χ1n) is 14.2. The number of amidine groups is 1. The molecule has 0 aliphatic carbocycles. The number of carbonyl (C=O) groups is 1. The van der Waals surface area contributed by atoms with Crippen LogP contribution in [0.15, 0.2) is 41.4 Å². The largest absolute Gasteiger partial charge is 0.393 e. The fraction of sp³-hybridized carbons (Fsp3) is 0.500. The van der Waals surface area contributed by atoms with E-state index in [2.05, 4.69) is 15.0 Å². The molecule has 12 heteroatoms. The van der Waals surface area contributed by atoms with Gasteiger partial charge in [0.1, 0.15) is 5.84 Å². The van der Waals surface area contributed by atoms with Crippen LogP contribution in [-0.2, 0) is 6.42 Å². The van der Waals surface area contributed by atoms with Crippen molar-refractivity contribution in [2.75, 3.05) is 32.7 Å². The van der Waals surface area contributed by atoms with Crippen LogP contribution in [0.2, 0.25) is 10.0 Å². The van der Waals surface area contributed by atoms with Crippen LogP contribution < -0.4 is 0 Å². The SMILES string of the molecule is N#CN=C1C(Cc2c(Cl)cc(-c3ccc(C(=O)N4CCC(C(F)(F)F)CC4)cc3)cc2Cl)CCN1N1CCC(O)CC1. The summed E-state index contributed by atoms with van der Waals surface area (Å²) in [6.45, 7) is 2.29. The Morgan fingerprint density at radius 2 is 1.57 bits per heavy atom. The average Bonchev–Trinajstić information content (AvgIpc) is 3.36. The van der Waals surface area contributed by atoms with Crippen molar-refractivity contribution in [3.05, 3.63) is 57.6 Å². The second-order valence-corrected chi connectivity index (χ2v) is 12.0. The van der Waals surface area contributed by atoms with E-state index in [1.807, 2.05) is 18.3 Å². The molecule has 3 aliphatic heterocycles. The number of aliphatic hydroxyl groups is 1. The normalized spacial score (nSPS) is 22.1. The molecule has 3 saturated heterocycles. The van der Waals surface area contributed by atoms with Gasteiger partial charge in [-0.05, 0) is 79.5 Å². The first-order valence-corrected chi connectivity index (χ1v) is 14.9. The third kappa shape index (κ3) is 6.70. The number of alkyl halides is 3. The van der Waals surface area contributed by atoms with Crippen LogP contribution in [-0.4, -0.2) is 76.8 Å². The van der Waals surface area contributed by atoms with Crippen LogP contribution >= 0.6 is 23.2 Å². The summed E-state index contributed by atoms with van der Waals surface area (Å²) in [7, 11) is 0. The molecule has 42 heavy (non-hydrogen) atoms. The summed E-state index contributed by atoms with van der Waals surface area (Å²) in [6, 6.07) is 10.5. The average molecular weight is 623 g/mol. The van der Waals surface area contributed by atoms with Crippen molar-refractivity contribution in [2.24, 2.45) is 16.8 Å². The molecule has 0 bridgehead atoms. The van der Waals surface area contributed by atoms with E-state index in [9.17, 15) is 28.3 Å². The van der Waals surface area contributed by atoms with Crippen molar-refractivity contribution >= 4 is 34.9 Å². The van der Waals surface area contributed by atoms with Crippen molar-refractivity contribution in [1.82, 2.24) is 14.9 Å². The highest BCUT2D eigenvalue weighted by Gasteiger charge is 2.42. The number of aliphatic imine (C=N–C) groups is 1. The summed E-state index contributed by atoms with van der Waals surface area (Å²) in [5, 5.41) is 24.4. The van der Waals surface area contributed by atoms with Crippen molar-refractivity contribution in [2.45, 2.75) is 50.8 Å². The zero-order valence-corrected chi connectivity index (χ0v) is 24.5. The number of halogens is 5. The molecule has 3 heterocycles. The van der Waals surface area contributed by atoms with Gasteiger partial charge in [-0.2, -0.15) is 23.4 Å². The number of nitriles is 1. The van der Waals surface area contributed by atoms with Crippen LogP contribution in [0.3, 0.4) is 0 Å². The van der Waals surface area contributed by atoms with Gasteiger partial charge in [-0.25, -0.2) is 5.01 Å². The van der Waals surface area contributed by atoms with E-state index in [1.54, 1.807) is 24.3 Å². The maximum Gasteiger partial charge on any atom is 0.391 e. The van der Waals surface area contributed by atoms with E-state index in [-0.39, 0.29) is 43.9 Å². The fourth-order valence-corrected chi connectivity index (χ4v) is 6.76. The van der Waals surface area contributed by atoms with Crippen LogP contribution in [0, 0.1) is 23.3 Å². The van der Waals surface area contributed by atoms with E-state index in [0.717, 1.165) is 29.7 Å². The summed E-state index contributed by atoms with van der Waals surface area (Å²) in [5.74, 6) is -0.990. The van der Waals surface area contributed by atoms with Crippen molar-refractivity contribution in [3.63, 3.8) is 0 Å². The van der Waals surface area contributed by atoms with Gasteiger partial charge in [0, 0.05) is 54.3 Å². The van der Waals surface area contributed by atoms with Gasteiger partial charge in [0.05, 0.1) is 12.0 Å². The Hall–Kier alpha value is -2.84. The molecule has 5 rings (SSSR count). The molecule has 1 amide bonds. The molecule has 1 unspecified atom stereocenters. The zero-order valence-electron chi connectivity index (χ0n) is 23.0. The molecule has 2 aromatic rings. The van der Waals surface area contributed by atoms with Gasteiger partial charge >= 0.3 is 6.18 Å². The third-order valence-corrected chi connectivity index (χ3v) is 9.24. The van der Waals surface area contributed by atoms with Gasteiger partial charge in [0.25, 0.3) is 5.91 Å². The second kappa shape index (κ2) is 12.8. The molecule has 3 fully saturated rings. The summed E-state index contributed by atoms with van der Waals surface area (Å²) in [6.07, 6.45) is -0.0898. The molecule has 7 nitrogen and oxygen atoms in total. The minimum absolute atomic E-state index is 0.0381. The van der Waals surface area contributed by atoms with Gasteiger partial charge in [-0.3, -0.25) is 9.80 Å². The Labute approximate surface area is 253 Å². The number of nitrogens with zero attached hydrogens (tertiary/aromatic N) is 5. The number of amides is 1. The lowest BCUT2D eigenvalue weighted by Crippen LogP contribution is -2.49. The first-order chi connectivity index (χ1) is 20.0. The summed E-state index contributed by atoms with van der Waals surface area (Å²) >= 11 is 13.5. The van der Waals surface area contributed by atoms with Gasteiger partial charge in [-0.15, -0.1) is 0 Å². The van der Waals surface area contributed by atoms with E-state index in [0.29, 0.717) is 53.8 Å². The molecule has 224 valence electrons. The monoisotopic (exact) mass is 621 g/mol. The number of aliphatic hydroxyl groups excluding tert-OH is 1. The summed E-state index contributed by atoms with van der Waals surface area (Å²) in [4.78, 5) is 18.5. The molecular formula is C30H32Cl2F3N5O2.